The fraction of sp³-hybridized carbons (Fsp3) is 0.273. The number of nitrogens with one attached hydrogen (secondary N) is 1. The molecule has 16 heavy (non-hydrogen) atoms. The monoisotopic (exact) mass is 220 g/mol. The predicted molar refractivity (Wildman–Crippen MR) is 59.5 cm³/mol. The van der Waals surface area contributed by atoms with Crippen LogP contribution in [0.25, 0.3) is 10.9 Å². The molecule has 0 radical (unpaired) electrons. The number of aromatic amines is 1. The highest BCUT2D eigenvalue weighted by atomic mass is 16.5. The largest absolute Gasteiger partial charge is 0.497 e. The Bertz CT molecular complexity index is 575. The molecule has 1 heterocycles. The summed E-state index contributed by atoms with van der Waals surface area (Å²) in [7, 11) is 1.53. The van der Waals surface area contributed by atoms with Gasteiger partial charge in [0.1, 0.15) is 17.7 Å². The van der Waals surface area contributed by atoms with E-state index >= 15 is 0 Å². The number of H-pyrrole nitrogens is 1. The van der Waals surface area contributed by atoms with Crippen molar-refractivity contribution in [1.82, 2.24) is 9.97 Å². The van der Waals surface area contributed by atoms with E-state index in [-0.39, 0.29) is 11.4 Å². The molecule has 5 heteroatoms. The summed E-state index contributed by atoms with van der Waals surface area (Å²) in [5, 5.41) is 9.80. The van der Waals surface area contributed by atoms with Gasteiger partial charge in [-0.3, -0.25) is 4.79 Å². The van der Waals surface area contributed by atoms with Gasteiger partial charge in [0.2, 0.25) is 0 Å². The maximum Gasteiger partial charge on any atom is 0.258 e. The molecule has 1 aromatic carbocycles. The Morgan fingerprint density at radius 1 is 1.50 bits per heavy atom. The second kappa shape index (κ2) is 3.94. The van der Waals surface area contributed by atoms with Crippen LogP contribution in [0.3, 0.4) is 0 Å². The lowest BCUT2D eigenvalue weighted by atomic mass is 10.2. The lowest BCUT2D eigenvalue weighted by molar-refractivity contribution is 0.189. The third kappa shape index (κ3) is 1.77. The molecular formula is C11H12N2O3. The number of benzene rings is 1. The minimum Gasteiger partial charge on any atom is -0.497 e. The third-order valence-corrected chi connectivity index (χ3v) is 2.33. The van der Waals surface area contributed by atoms with Crippen molar-refractivity contribution in [2.75, 3.05) is 7.11 Å². The molecule has 1 atom stereocenters. The summed E-state index contributed by atoms with van der Waals surface area (Å²) in [5.74, 6) is 0.868. The summed E-state index contributed by atoms with van der Waals surface area (Å²) >= 11 is 0. The lowest BCUT2D eigenvalue weighted by Crippen LogP contribution is -2.13. The number of rotatable bonds is 2. The molecule has 2 aromatic rings. The van der Waals surface area contributed by atoms with Crippen LogP contribution in [0.2, 0.25) is 0 Å². The van der Waals surface area contributed by atoms with Crippen molar-refractivity contribution in [3.05, 3.63) is 34.4 Å². The van der Waals surface area contributed by atoms with E-state index in [2.05, 4.69) is 9.97 Å². The summed E-state index contributed by atoms with van der Waals surface area (Å²) in [6.45, 7) is 1.55. The van der Waals surface area contributed by atoms with Gasteiger partial charge in [-0.2, -0.15) is 0 Å². The average Bonchev–Trinajstić information content (AvgIpc) is 2.28. The van der Waals surface area contributed by atoms with Crippen molar-refractivity contribution in [3.8, 4) is 5.75 Å². The molecule has 0 aliphatic heterocycles. The number of ether oxygens (including phenoxy) is 1. The lowest BCUT2D eigenvalue weighted by Gasteiger charge is -2.06. The molecule has 1 aromatic heterocycles. The molecule has 0 bridgehead atoms. The standard InChI is InChI=1S/C11H12N2O3/c1-6(14)10-12-9-4-3-7(16-2)5-8(9)11(15)13-10/h3-6,14H,1-2H3,(H,12,13,15)/t6-/m1/s1. The number of aliphatic hydroxyl groups is 1. The highest BCUT2D eigenvalue weighted by Gasteiger charge is 2.08. The van der Waals surface area contributed by atoms with Crippen LogP contribution in [0.1, 0.15) is 18.9 Å². The Hall–Kier alpha value is -1.88. The Kier molecular flexibility index (Phi) is 2.62. The van der Waals surface area contributed by atoms with E-state index in [0.29, 0.717) is 16.7 Å². The van der Waals surface area contributed by atoms with Crippen LogP contribution in [-0.2, 0) is 0 Å². The summed E-state index contributed by atoms with van der Waals surface area (Å²) in [6, 6.07) is 5.03. The third-order valence-electron chi connectivity index (χ3n) is 2.33. The average molecular weight is 220 g/mol. The van der Waals surface area contributed by atoms with Gasteiger partial charge in [-0.05, 0) is 25.1 Å². The van der Waals surface area contributed by atoms with Crippen LogP contribution in [-0.4, -0.2) is 22.2 Å². The van der Waals surface area contributed by atoms with E-state index in [1.807, 2.05) is 0 Å². The number of fused-ring (bicyclic) bond motifs is 1. The number of nitrogens with zero attached hydrogens (tertiary/aromatic N) is 1. The first-order chi connectivity index (χ1) is 7.61. The smallest absolute Gasteiger partial charge is 0.258 e. The van der Waals surface area contributed by atoms with E-state index in [1.54, 1.807) is 25.1 Å². The van der Waals surface area contributed by atoms with Gasteiger partial charge in [-0.25, -0.2) is 4.98 Å². The first-order valence-electron chi connectivity index (χ1n) is 4.88. The summed E-state index contributed by atoms with van der Waals surface area (Å²) in [6.07, 6.45) is -0.792. The topological polar surface area (TPSA) is 75.2 Å². The van der Waals surface area contributed by atoms with Crippen molar-refractivity contribution >= 4 is 10.9 Å². The van der Waals surface area contributed by atoms with Crippen molar-refractivity contribution in [1.29, 1.82) is 0 Å². The highest BCUT2D eigenvalue weighted by molar-refractivity contribution is 5.79. The SMILES string of the molecule is COc1ccc2nc([C@@H](C)O)[nH]c(=O)c2c1. The summed E-state index contributed by atoms with van der Waals surface area (Å²) in [4.78, 5) is 18.4. The molecule has 0 spiro atoms. The molecule has 2 N–H and O–H groups in total. The zero-order valence-corrected chi connectivity index (χ0v) is 9.02. The molecule has 0 saturated carbocycles. The van der Waals surface area contributed by atoms with Crippen LogP contribution in [0.15, 0.2) is 23.0 Å². The van der Waals surface area contributed by atoms with Gasteiger partial charge in [0.15, 0.2) is 0 Å². The molecule has 5 nitrogen and oxygen atoms in total. The number of aliphatic hydroxyl groups excluding tert-OH is 1. The highest BCUT2D eigenvalue weighted by Crippen LogP contribution is 2.17. The molecule has 84 valence electrons. The van der Waals surface area contributed by atoms with E-state index < -0.39 is 6.10 Å². The maximum atomic E-state index is 11.7. The van der Waals surface area contributed by atoms with Crippen LogP contribution in [0.5, 0.6) is 5.75 Å². The van der Waals surface area contributed by atoms with Crippen molar-refractivity contribution < 1.29 is 9.84 Å². The summed E-state index contributed by atoms with van der Waals surface area (Å²) in [5.41, 5.74) is 0.264. The Labute approximate surface area is 91.7 Å². The van der Waals surface area contributed by atoms with Crippen LogP contribution in [0.4, 0.5) is 0 Å². The van der Waals surface area contributed by atoms with Crippen molar-refractivity contribution in [3.63, 3.8) is 0 Å². The predicted octanol–water partition coefficient (Wildman–Crippen LogP) is 0.985. The fourth-order valence-corrected chi connectivity index (χ4v) is 1.46. The fourth-order valence-electron chi connectivity index (χ4n) is 1.46. The minimum absolute atomic E-state index is 0.266. The van der Waals surface area contributed by atoms with Crippen molar-refractivity contribution in [2.45, 2.75) is 13.0 Å². The Balaban J connectivity index is 2.71. The molecule has 0 saturated heterocycles. The van der Waals surface area contributed by atoms with Gasteiger partial charge >= 0.3 is 0 Å². The van der Waals surface area contributed by atoms with Gasteiger partial charge < -0.3 is 14.8 Å². The Morgan fingerprint density at radius 2 is 2.25 bits per heavy atom. The van der Waals surface area contributed by atoms with Crippen LogP contribution in [0, 0.1) is 0 Å². The Morgan fingerprint density at radius 3 is 2.88 bits per heavy atom. The molecule has 0 unspecified atom stereocenters. The first kappa shape index (κ1) is 10.6. The number of aromatic nitrogens is 2. The van der Waals surface area contributed by atoms with Crippen LogP contribution < -0.4 is 10.3 Å². The zero-order chi connectivity index (χ0) is 11.7. The quantitative estimate of drug-likeness (QED) is 0.791. The zero-order valence-electron chi connectivity index (χ0n) is 9.02. The summed E-state index contributed by atoms with van der Waals surface area (Å²) < 4.78 is 5.03. The minimum atomic E-state index is -0.792. The van der Waals surface area contributed by atoms with E-state index in [1.165, 1.54) is 7.11 Å². The second-order valence-corrected chi connectivity index (χ2v) is 3.51. The van der Waals surface area contributed by atoms with Gasteiger partial charge in [0, 0.05) is 0 Å². The van der Waals surface area contributed by atoms with Crippen molar-refractivity contribution in [2.24, 2.45) is 0 Å². The van der Waals surface area contributed by atoms with Gasteiger partial charge in [-0.1, -0.05) is 0 Å². The van der Waals surface area contributed by atoms with E-state index in [9.17, 15) is 9.90 Å². The number of hydrogen-bond acceptors (Lipinski definition) is 4. The molecular weight excluding hydrogens is 208 g/mol. The maximum absolute atomic E-state index is 11.7. The normalized spacial score (nSPS) is 12.7. The van der Waals surface area contributed by atoms with Gasteiger partial charge in [0.25, 0.3) is 5.56 Å². The number of hydrogen-bond donors (Lipinski definition) is 2. The molecule has 0 fully saturated rings. The second-order valence-electron chi connectivity index (χ2n) is 3.51. The van der Waals surface area contributed by atoms with Crippen LogP contribution >= 0.6 is 0 Å². The van der Waals surface area contributed by atoms with E-state index in [4.69, 9.17) is 4.74 Å². The van der Waals surface area contributed by atoms with E-state index in [0.717, 1.165) is 0 Å². The molecule has 0 aliphatic carbocycles. The molecule has 0 amide bonds. The first-order valence-corrected chi connectivity index (χ1v) is 4.88. The molecule has 2 rings (SSSR count). The van der Waals surface area contributed by atoms with Gasteiger partial charge in [0.05, 0.1) is 18.0 Å². The molecule has 0 aliphatic rings. The number of methoxy groups -OCH3 is 1. The van der Waals surface area contributed by atoms with Gasteiger partial charge in [-0.15, -0.1) is 0 Å².